The van der Waals surface area contributed by atoms with Gasteiger partial charge in [-0.1, -0.05) is 272 Å². The van der Waals surface area contributed by atoms with Crippen molar-refractivity contribution in [3.63, 3.8) is 0 Å². The Morgan fingerprint density at radius 3 is 0.911 bits per heavy atom. The van der Waals surface area contributed by atoms with Gasteiger partial charge in [0.05, 0.1) is 33.4 Å². The highest BCUT2D eigenvalue weighted by Gasteiger charge is 2.47. The summed E-state index contributed by atoms with van der Waals surface area (Å²) in [7, 11) is 0. The second kappa shape index (κ2) is 23.9. The number of anilines is 6. The molecule has 4 nitrogen and oxygen atoms in total. The zero-order chi connectivity index (χ0) is 69.5. The summed E-state index contributed by atoms with van der Waals surface area (Å²) in [4.78, 5) is 5.48. The zero-order valence-electron chi connectivity index (χ0n) is 60.6. The van der Waals surface area contributed by atoms with Gasteiger partial charge in [0, 0.05) is 77.9 Å². The fourth-order valence-electron chi connectivity index (χ4n) is 16.4. The topological polar surface area (TPSA) is 16.3 Å². The van der Waals surface area contributed by atoms with E-state index in [0.717, 1.165) is 34.1 Å². The Kier molecular flexibility index (Phi) is 15.1. The van der Waals surface area contributed by atoms with Gasteiger partial charge in [0.25, 0.3) is 6.71 Å². The highest BCUT2D eigenvalue weighted by atomic mass is 15.2. The lowest BCUT2D eigenvalue weighted by Gasteiger charge is -2.47. The third-order valence-electron chi connectivity index (χ3n) is 21.9. The normalized spacial score (nSPS) is 13.1. The number of hydrogen-bond donors (Lipinski definition) is 0. The fraction of sp³-hybridized carbons (Fsp3) is 0.188. The Balaban J connectivity index is 1.07. The fourth-order valence-corrected chi connectivity index (χ4v) is 16.4. The van der Waals surface area contributed by atoms with Crippen molar-refractivity contribution in [2.45, 2.75) is 118 Å². The first kappa shape index (κ1) is 63.6. The predicted molar refractivity (Wildman–Crippen MR) is 435 cm³/mol. The van der Waals surface area contributed by atoms with Crippen LogP contribution in [0.15, 0.2) is 279 Å². The molecule has 0 N–H and O–H groups in total. The molecule has 2 aromatic heterocycles. The Labute approximate surface area is 596 Å². The van der Waals surface area contributed by atoms with Crippen molar-refractivity contribution in [2.24, 2.45) is 0 Å². The standard InChI is InChI=1S/C96H87BN4/c1-60(2)66-42-48-85-79(50-66)80-51-67(61(3)4)43-49-86(80)99(85)72-45-47-82-88(59-72)101(93-77(64-34-22-16-23-35-64)54-69(95(8,9)10)55-78(93)65-36-24-17-25-37-65)90-57-70(96(11,12)13)56-89-91(90)97(82)81-46-44-71(98-83-40-28-26-38-73(83)74-39-27-29-41-84(74)98)58-87(81)100(89)92-75(62-30-18-14-19-31-62)52-68(94(5,6)7)53-76(92)63-32-20-15-21-33-63/h14-61H,1-13H3. The van der Waals surface area contributed by atoms with Crippen molar-refractivity contribution in [1.82, 2.24) is 9.13 Å². The second-order valence-corrected chi connectivity index (χ2v) is 32.1. The lowest BCUT2D eigenvalue weighted by atomic mass is 9.33. The summed E-state index contributed by atoms with van der Waals surface area (Å²) in [5.41, 5.74) is 32.8. The summed E-state index contributed by atoms with van der Waals surface area (Å²) < 4.78 is 5.07. The minimum atomic E-state index is -0.320. The number of hydrogen-bond acceptors (Lipinski definition) is 2. The van der Waals surface area contributed by atoms with E-state index in [1.54, 1.807) is 0 Å². The molecule has 0 bridgehead atoms. The second-order valence-electron chi connectivity index (χ2n) is 32.1. The monoisotopic (exact) mass is 1310 g/mol. The molecule has 13 aromatic carbocycles. The minimum absolute atomic E-state index is 0.183. The Morgan fingerprint density at radius 1 is 0.277 bits per heavy atom. The minimum Gasteiger partial charge on any atom is -0.310 e. The van der Waals surface area contributed by atoms with Crippen LogP contribution in [-0.2, 0) is 16.2 Å². The number of rotatable bonds is 10. The van der Waals surface area contributed by atoms with Crippen LogP contribution in [0.4, 0.5) is 34.1 Å². The molecule has 0 radical (unpaired) electrons. The van der Waals surface area contributed by atoms with E-state index in [1.165, 1.54) is 144 Å². The quantitative estimate of drug-likeness (QED) is 0.127. The average molecular weight is 1310 g/mol. The van der Waals surface area contributed by atoms with E-state index in [1.807, 2.05) is 0 Å². The van der Waals surface area contributed by atoms with Crippen molar-refractivity contribution >= 4 is 101 Å². The summed E-state index contributed by atoms with van der Waals surface area (Å²) in [6.07, 6.45) is 0. The summed E-state index contributed by atoms with van der Waals surface area (Å²) in [6.45, 7) is 30.4. The molecule has 5 heteroatoms. The first-order valence-electron chi connectivity index (χ1n) is 36.4. The summed E-state index contributed by atoms with van der Waals surface area (Å²) in [5.74, 6) is 0.748. The van der Waals surface area contributed by atoms with Gasteiger partial charge in [0.15, 0.2) is 0 Å². The van der Waals surface area contributed by atoms with Gasteiger partial charge >= 0.3 is 0 Å². The van der Waals surface area contributed by atoms with E-state index in [0.29, 0.717) is 11.8 Å². The van der Waals surface area contributed by atoms with E-state index >= 15 is 0 Å². The molecule has 4 heterocycles. The maximum absolute atomic E-state index is 2.75. The van der Waals surface area contributed by atoms with Crippen LogP contribution in [0.1, 0.15) is 130 Å². The predicted octanol–water partition coefficient (Wildman–Crippen LogP) is 24.8. The molecule has 0 amide bonds. The Hall–Kier alpha value is -10.9. The van der Waals surface area contributed by atoms with Crippen molar-refractivity contribution in [3.05, 3.63) is 307 Å². The van der Waals surface area contributed by atoms with Gasteiger partial charge in [-0.3, -0.25) is 0 Å². The smallest absolute Gasteiger partial charge is 0.252 e. The summed E-state index contributed by atoms with van der Waals surface area (Å²) in [5, 5.41) is 5.03. The molecular formula is C96H87BN4. The molecule has 0 saturated carbocycles. The molecule has 101 heavy (non-hydrogen) atoms. The maximum atomic E-state index is 2.75. The summed E-state index contributed by atoms with van der Waals surface area (Å²) >= 11 is 0. The van der Waals surface area contributed by atoms with Crippen LogP contribution in [0.3, 0.4) is 0 Å². The third kappa shape index (κ3) is 10.6. The van der Waals surface area contributed by atoms with E-state index in [2.05, 4.69) is 388 Å². The number of benzene rings is 13. The van der Waals surface area contributed by atoms with Gasteiger partial charge < -0.3 is 18.9 Å². The molecule has 0 spiro atoms. The third-order valence-corrected chi connectivity index (χ3v) is 21.9. The molecule has 0 unspecified atom stereocenters. The lowest BCUT2D eigenvalue weighted by molar-refractivity contribution is 0.590. The van der Waals surface area contributed by atoms with E-state index in [-0.39, 0.29) is 23.0 Å². The van der Waals surface area contributed by atoms with Gasteiger partial charge in [-0.15, -0.1) is 0 Å². The number of para-hydroxylation sites is 2. The van der Waals surface area contributed by atoms with Crippen LogP contribution in [0, 0.1) is 0 Å². The van der Waals surface area contributed by atoms with E-state index < -0.39 is 0 Å². The molecule has 0 atom stereocenters. The highest BCUT2D eigenvalue weighted by molar-refractivity contribution is 7.00. The van der Waals surface area contributed by atoms with E-state index in [9.17, 15) is 0 Å². The molecule has 494 valence electrons. The first-order valence-corrected chi connectivity index (χ1v) is 36.4. The number of fused-ring (bicyclic) bond motifs is 10. The van der Waals surface area contributed by atoms with Gasteiger partial charge in [-0.05, 0) is 192 Å². The van der Waals surface area contributed by atoms with Crippen molar-refractivity contribution in [2.75, 3.05) is 9.80 Å². The van der Waals surface area contributed by atoms with E-state index in [4.69, 9.17) is 0 Å². The molecule has 0 fully saturated rings. The van der Waals surface area contributed by atoms with Crippen LogP contribution in [0.5, 0.6) is 0 Å². The molecule has 2 aliphatic rings. The molecule has 0 aliphatic carbocycles. The van der Waals surface area contributed by atoms with Gasteiger partial charge in [0.1, 0.15) is 0 Å². The largest absolute Gasteiger partial charge is 0.310 e. The molecule has 15 aromatic rings. The van der Waals surface area contributed by atoms with Crippen LogP contribution in [-0.4, -0.2) is 15.8 Å². The average Bonchev–Trinajstić information content (AvgIpc) is 1.16. The zero-order valence-corrected chi connectivity index (χ0v) is 60.6. The van der Waals surface area contributed by atoms with Gasteiger partial charge in [0.2, 0.25) is 0 Å². The summed E-state index contributed by atoms with van der Waals surface area (Å²) in [6, 6.07) is 107. The van der Waals surface area contributed by atoms with Gasteiger partial charge in [-0.2, -0.15) is 0 Å². The van der Waals surface area contributed by atoms with Crippen LogP contribution in [0.2, 0.25) is 0 Å². The van der Waals surface area contributed by atoms with Crippen molar-refractivity contribution in [3.8, 4) is 55.9 Å². The van der Waals surface area contributed by atoms with Crippen LogP contribution < -0.4 is 26.2 Å². The maximum Gasteiger partial charge on any atom is 0.252 e. The SMILES string of the molecule is CC(C)c1ccc2c(c1)c1cc(C(C)C)ccc1n2-c1ccc2c(c1)N(c1c(-c3ccccc3)cc(C(C)(C)C)cc1-c1ccccc1)c1cc(C(C)(C)C)cc3c1B2c1ccc(-n2c4ccccc4c4ccccc42)cc1N3c1c(-c2ccccc2)cc(C(C)(C)C)cc1-c1ccccc1. The number of aromatic nitrogens is 2. The molecule has 0 saturated heterocycles. The molecule has 2 aliphatic heterocycles. The molecular weight excluding hydrogens is 1220 g/mol. The van der Waals surface area contributed by atoms with Gasteiger partial charge in [-0.25, -0.2) is 0 Å². The highest BCUT2D eigenvalue weighted by Crippen LogP contribution is 2.56. The van der Waals surface area contributed by atoms with Crippen molar-refractivity contribution < 1.29 is 0 Å². The Bertz CT molecular complexity index is 5530. The van der Waals surface area contributed by atoms with Crippen LogP contribution in [0.25, 0.3) is 99.5 Å². The molecule has 17 rings (SSSR count). The van der Waals surface area contributed by atoms with Crippen LogP contribution >= 0.6 is 0 Å². The number of nitrogens with zero attached hydrogens (tertiary/aromatic N) is 4. The Morgan fingerprint density at radius 2 is 0.584 bits per heavy atom. The first-order chi connectivity index (χ1) is 48.7. The van der Waals surface area contributed by atoms with Crippen molar-refractivity contribution in [1.29, 1.82) is 0 Å². The lowest BCUT2D eigenvalue weighted by Crippen LogP contribution is -2.61.